The van der Waals surface area contributed by atoms with Gasteiger partial charge in [-0.25, -0.2) is 0 Å². The molecule has 0 aromatic carbocycles. The number of fused-ring (bicyclic) bond motifs is 2. The first kappa shape index (κ1) is 9.47. The molecule has 1 aliphatic heterocycles. The van der Waals surface area contributed by atoms with Gasteiger partial charge in [0.1, 0.15) is 0 Å². The fraction of sp³-hybridized carbons (Fsp3) is 1.00. The molecule has 2 rings (SSSR count). The Bertz CT molecular complexity index is 198. The van der Waals surface area contributed by atoms with E-state index in [9.17, 15) is 5.11 Å². The van der Waals surface area contributed by atoms with Gasteiger partial charge in [0.2, 0.25) is 0 Å². The number of piperidine rings is 1. The Balaban J connectivity index is 2.29. The second kappa shape index (κ2) is 2.71. The first-order valence-electron chi connectivity index (χ1n) is 5.33. The molecule has 0 aromatic rings. The molecule has 2 fully saturated rings. The minimum Gasteiger partial charge on any atom is -0.392 e. The van der Waals surface area contributed by atoms with E-state index in [-0.39, 0.29) is 16.9 Å². The van der Waals surface area contributed by atoms with Crippen molar-refractivity contribution in [2.24, 2.45) is 10.8 Å². The summed E-state index contributed by atoms with van der Waals surface area (Å²) in [6, 6.07) is 0. The van der Waals surface area contributed by atoms with E-state index >= 15 is 0 Å². The lowest BCUT2D eigenvalue weighted by molar-refractivity contribution is -0.146. The standard InChI is InChI=1S/C11H21NO/c1-10-5-4-6-11(2,9(10)13)8-12(3)7-10/h9,13H,4-8H2,1-3H3. The summed E-state index contributed by atoms with van der Waals surface area (Å²) in [7, 11) is 2.17. The summed E-state index contributed by atoms with van der Waals surface area (Å²) in [4.78, 5) is 2.38. The Kier molecular flexibility index (Phi) is 1.97. The number of hydrogen-bond donors (Lipinski definition) is 1. The monoisotopic (exact) mass is 183 g/mol. The molecule has 1 aliphatic carbocycles. The van der Waals surface area contributed by atoms with Crippen LogP contribution in [0.4, 0.5) is 0 Å². The normalized spacial score (nSPS) is 52.2. The molecule has 1 N–H and O–H groups in total. The van der Waals surface area contributed by atoms with Gasteiger partial charge < -0.3 is 10.0 Å². The van der Waals surface area contributed by atoms with Crippen molar-refractivity contribution < 1.29 is 5.11 Å². The van der Waals surface area contributed by atoms with Crippen molar-refractivity contribution in [3.63, 3.8) is 0 Å². The fourth-order valence-electron chi connectivity index (χ4n) is 3.63. The van der Waals surface area contributed by atoms with E-state index in [1.807, 2.05) is 0 Å². The summed E-state index contributed by atoms with van der Waals surface area (Å²) < 4.78 is 0. The SMILES string of the molecule is CN1CC2(C)CCCC(C)(C1)C2O. The fourth-order valence-corrected chi connectivity index (χ4v) is 3.63. The number of nitrogens with zero attached hydrogens (tertiary/aromatic N) is 1. The smallest absolute Gasteiger partial charge is 0.0671 e. The first-order chi connectivity index (χ1) is 5.96. The lowest BCUT2D eigenvalue weighted by Gasteiger charge is -2.56. The Hall–Kier alpha value is -0.0800. The summed E-state index contributed by atoms with van der Waals surface area (Å²) in [5.41, 5.74) is 0.306. The van der Waals surface area contributed by atoms with Crippen molar-refractivity contribution >= 4 is 0 Å². The van der Waals surface area contributed by atoms with Crippen LogP contribution in [0.2, 0.25) is 0 Å². The first-order valence-corrected chi connectivity index (χ1v) is 5.33. The van der Waals surface area contributed by atoms with Gasteiger partial charge in [-0.15, -0.1) is 0 Å². The zero-order valence-electron chi connectivity index (χ0n) is 9.01. The zero-order valence-corrected chi connectivity index (χ0v) is 9.01. The summed E-state index contributed by atoms with van der Waals surface area (Å²) in [6.45, 7) is 6.60. The molecule has 2 bridgehead atoms. The summed E-state index contributed by atoms with van der Waals surface area (Å²) in [5, 5.41) is 10.3. The van der Waals surface area contributed by atoms with E-state index in [0.29, 0.717) is 0 Å². The average molecular weight is 183 g/mol. The lowest BCUT2D eigenvalue weighted by Crippen LogP contribution is -2.61. The molecule has 1 saturated heterocycles. The minimum absolute atomic E-state index is 0.0926. The van der Waals surface area contributed by atoms with Crippen LogP contribution in [0.1, 0.15) is 33.1 Å². The number of likely N-dealkylation sites (tertiary alicyclic amines) is 1. The highest BCUT2D eigenvalue weighted by molar-refractivity contribution is 5.03. The molecule has 2 aliphatic rings. The second-order valence-corrected chi connectivity index (χ2v) is 5.74. The Morgan fingerprint density at radius 2 is 1.62 bits per heavy atom. The maximum Gasteiger partial charge on any atom is 0.0671 e. The molecular formula is C11H21NO. The van der Waals surface area contributed by atoms with E-state index in [2.05, 4.69) is 25.8 Å². The van der Waals surface area contributed by atoms with Crippen LogP contribution in [-0.4, -0.2) is 36.2 Å². The van der Waals surface area contributed by atoms with Gasteiger partial charge in [0.15, 0.2) is 0 Å². The van der Waals surface area contributed by atoms with E-state index < -0.39 is 0 Å². The highest BCUT2D eigenvalue weighted by Crippen LogP contribution is 2.50. The molecule has 2 heteroatoms. The third kappa shape index (κ3) is 1.31. The summed E-state index contributed by atoms with van der Waals surface area (Å²) >= 11 is 0. The van der Waals surface area contributed by atoms with Gasteiger partial charge in [0.25, 0.3) is 0 Å². The minimum atomic E-state index is -0.0926. The number of aliphatic hydroxyl groups is 1. The van der Waals surface area contributed by atoms with E-state index in [0.717, 1.165) is 13.1 Å². The largest absolute Gasteiger partial charge is 0.392 e. The van der Waals surface area contributed by atoms with Gasteiger partial charge in [-0.3, -0.25) is 0 Å². The molecule has 0 radical (unpaired) electrons. The second-order valence-electron chi connectivity index (χ2n) is 5.74. The van der Waals surface area contributed by atoms with Crippen LogP contribution in [0, 0.1) is 10.8 Å². The van der Waals surface area contributed by atoms with Crippen molar-refractivity contribution in [3.8, 4) is 0 Å². The van der Waals surface area contributed by atoms with Gasteiger partial charge in [-0.2, -0.15) is 0 Å². The molecular weight excluding hydrogens is 162 g/mol. The zero-order chi connectivity index (χ0) is 9.69. The molecule has 2 nitrogen and oxygen atoms in total. The third-order valence-electron chi connectivity index (χ3n) is 4.08. The number of hydrogen-bond acceptors (Lipinski definition) is 2. The van der Waals surface area contributed by atoms with E-state index in [4.69, 9.17) is 0 Å². The molecule has 0 spiro atoms. The van der Waals surface area contributed by atoms with Crippen LogP contribution >= 0.6 is 0 Å². The van der Waals surface area contributed by atoms with Gasteiger partial charge in [0, 0.05) is 23.9 Å². The number of rotatable bonds is 0. The Labute approximate surface area is 80.9 Å². The van der Waals surface area contributed by atoms with E-state index in [1.54, 1.807) is 0 Å². The van der Waals surface area contributed by atoms with Crippen molar-refractivity contribution in [1.29, 1.82) is 0 Å². The van der Waals surface area contributed by atoms with Crippen LogP contribution < -0.4 is 0 Å². The topological polar surface area (TPSA) is 23.5 Å². The summed E-state index contributed by atoms with van der Waals surface area (Å²) in [5.74, 6) is 0. The van der Waals surface area contributed by atoms with Crippen molar-refractivity contribution in [3.05, 3.63) is 0 Å². The molecule has 13 heavy (non-hydrogen) atoms. The van der Waals surface area contributed by atoms with E-state index in [1.165, 1.54) is 19.3 Å². The third-order valence-corrected chi connectivity index (χ3v) is 4.08. The molecule has 0 aromatic heterocycles. The number of aliphatic hydroxyl groups excluding tert-OH is 1. The summed E-state index contributed by atoms with van der Waals surface area (Å²) in [6.07, 6.45) is 3.57. The molecule has 1 heterocycles. The molecule has 0 amide bonds. The highest BCUT2D eigenvalue weighted by atomic mass is 16.3. The van der Waals surface area contributed by atoms with Crippen molar-refractivity contribution in [2.75, 3.05) is 20.1 Å². The maximum absolute atomic E-state index is 10.3. The van der Waals surface area contributed by atoms with Crippen molar-refractivity contribution in [1.82, 2.24) is 4.90 Å². The molecule has 76 valence electrons. The van der Waals surface area contributed by atoms with Crippen LogP contribution in [0.15, 0.2) is 0 Å². The maximum atomic E-state index is 10.3. The Morgan fingerprint density at radius 1 is 1.15 bits per heavy atom. The molecule has 1 saturated carbocycles. The quantitative estimate of drug-likeness (QED) is 0.615. The van der Waals surface area contributed by atoms with Gasteiger partial charge >= 0.3 is 0 Å². The van der Waals surface area contributed by atoms with Crippen molar-refractivity contribution in [2.45, 2.75) is 39.2 Å². The van der Waals surface area contributed by atoms with Crippen LogP contribution in [0.3, 0.4) is 0 Å². The van der Waals surface area contributed by atoms with Gasteiger partial charge in [-0.1, -0.05) is 20.3 Å². The predicted molar refractivity (Wildman–Crippen MR) is 53.6 cm³/mol. The Morgan fingerprint density at radius 3 is 2.08 bits per heavy atom. The highest BCUT2D eigenvalue weighted by Gasteiger charge is 2.52. The molecule has 2 atom stereocenters. The molecule has 2 unspecified atom stereocenters. The van der Waals surface area contributed by atoms with Crippen LogP contribution in [0.5, 0.6) is 0 Å². The van der Waals surface area contributed by atoms with Crippen LogP contribution in [-0.2, 0) is 0 Å². The van der Waals surface area contributed by atoms with Gasteiger partial charge in [0.05, 0.1) is 6.10 Å². The lowest BCUT2D eigenvalue weighted by atomic mass is 9.58. The average Bonchev–Trinajstić information content (AvgIpc) is 1.97. The predicted octanol–water partition coefficient (Wildman–Crippen LogP) is 1.49. The van der Waals surface area contributed by atoms with Crippen LogP contribution in [0.25, 0.3) is 0 Å². The van der Waals surface area contributed by atoms with Gasteiger partial charge in [-0.05, 0) is 19.9 Å².